The van der Waals surface area contributed by atoms with Crippen molar-refractivity contribution in [1.29, 1.82) is 0 Å². The van der Waals surface area contributed by atoms with Crippen molar-refractivity contribution in [2.45, 2.75) is 30.0 Å². The predicted octanol–water partition coefficient (Wildman–Crippen LogP) is 2.59. The third kappa shape index (κ3) is 3.59. The van der Waals surface area contributed by atoms with Gasteiger partial charge in [-0.05, 0) is 12.1 Å². The van der Waals surface area contributed by atoms with Gasteiger partial charge in [0, 0.05) is 13.0 Å². The zero-order valence-corrected chi connectivity index (χ0v) is 13.7. The van der Waals surface area contributed by atoms with Gasteiger partial charge in [0.05, 0.1) is 6.61 Å². The van der Waals surface area contributed by atoms with Gasteiger partial charge in [0.1, 0.15) is 11.9 Å². The van der Waals surface area contributed by atoms with Gasteiger partial charge in [0.15, 0.2) is 22.5 Å². The van der Waals surface area contributed by atoms with E-state index in [1.165, 1.54) is 17.8 Å². The van der Waals surface area contributed by atoms with Gasteiger partial charge in [-0.1, -0.05) is 30.0 Å². The lowest BCUT2D eigenvalue weighted by atomic mass is 10.3. The second-order valence-electron chi connectivity index (χ2n) is 5.08. The first-order valence-corrected chi connectivity index (χ1v) is 8.30. The molecule has 0 aliphatic carbocycles. The second kappa shape index (κ2) is 7.48. The molecule has 1 aliphatic heterocycles. The first-order chi connectivity index (χ1) is 11.7. The molecule has 8 heteroatoms. The van der Waals surface area contributed by atoms with E-state index >= 15 is 0 Å². The average Bonchev–Trinajstić information content (AvgIpc) is 3.15. The quantitative estimate of drug-likeness (QED) is 0.565. The summed E-state index contributed by atoms with van der Waals surface area (Å²) in [5.74, 6) is 0.0131. The highest BCUT2D eigenvalue weighted by atomic mass is 32.2. The molecule has 6 nitrogen and oxygen atoms in total. The molecule has 1 aromatic heterocycles. The largest absolute Gasteiger partial charge is 0.483 e. The third-order valence-corrected chi connectivity index (χ3v) is 4.66. The van der Waals surface area contributed by atoms with Crippen molar-refractivity contribution in [1.82, 2.24) is 14.8 Å². The lowest BCUT2D eigenvalue weighted by molar-refractivity contribution is -0.137. The van der Waals surface area contributed by atoms with Crippen molar-refractivity contribution in [3.63, 3.8) is 0 Å². The van der Waals surface area contributed by atoms with Crippen molar-refractivity contribution in [3.8, 4) is 5.75 Å². The normalized spacial score (nSPS) is 16.9. The molecular formula is C16H16FN3O3S. The van der Waals surface area contributed by atoms with Crippen LogP contribution in [0.15, 0.2) is 42.1 Å². The summed E-state index contributed by atoms with van der Waals surface area (Å²) in [6.07, 6.45) is 2.35. The highest BCUT2D eigenvalue weighted by molar-refractivity contribution is 8.00. The fourth-order valence-electron chi connectivity index (χ4n) is 2.24. The van der Waals surface area contributed by atoms with Crippen LogP contribution >= 0.6 is 11.8 Å². The fraction of sp³-hybridized carbons (Fsp3) is 0.312. The van der Waals surface area contributed by atoms with Crippen molar-refractivity contribution < 1.29 is 18.7 Å². The van der Waals surface area contributed by atoms with Crippen molar-refractivity contribution in [2.75, 3.05) is 6.61 Å². The Morgan fingerprint density at radius 2 is 2.29 bits per heavy atom. The number of para-hydroxylation sites is 1. The number of carbonyl (C=O) groups is 1. The van der Waals surface area contributed by atoms with Crippen LogP contribution in [0.2, 0.25) is 0 Å². The van der Waals surface area contributed by atoms with Crippen molar-refractivity contribution in [3.05, 3.63) is 48.6 Å². The Kier molecular flexibility index (Phi) is 5.14. The molecule has 2 heterocycles. The van der Waals surface area contributed by atoms with E-state index in [-0.39, 0.29) is 23.6 Å². The van der Waals surface area contributed by atoms with Crippen LogP contribution in [0, 0.1) is 5.82 Å². The van der Waals surface area contributed by atoms with Gasteiger partial charge >= 0.3 is 5.97 Å². The van der Waals surface area contributed by atoms with Gasteiger partial charge in [-0.2, -0.15) is 0 Å². The van der Waals surface area contributed by atoms with E-state index in [2.05, 4.69) is 16.8 Å². The van der Waals surface area contributed by atoms with Crippen LogP contribution in [0.3, 0.4) is 0 Å². The van der Waals surface area contributed by atoms with Gasteiger partial charge in [-0.25, -0.2) is 4.39 Å². The van der Waals surface area contributed by atoms with Crippen molar-refractivity contribution in [2.24, 2.45) is 0 Å². The van der Waals surface area contributed by atoms with E-state index in [1.807, 2.05) is 0 Å². The smallest absolute Gasteiger partial charge is 0.319 e. The molecule has 126 valence electrons. The Hall–Kier alpha value is -2.35. The van der Waals surface area contributed by atoms with Gasteiger partial charge in [0.2, 0.25) is 0 Å². The number of hydrogen-bond donors (Lipinski definition) is 0. The molecule has 1 aliphatic rings. The van der Waals surface area contributed by atoms with Gasteiger partial charge in [-0.15, -0.1) is 16.8 Å². The topological polar surface area (TPSA) is 66.2 Å². The summed E-state index contributed by atoms with van der Waals surface area (Å²) in [6.45, 7) is 4.68. The Balaban J connectivity index is 1.74. The number of thioether (sulfide) groups is 1. The first kappa shape index (κ1) is 16.5. The monoisotopic (exact) mass is 349 g/mol. The number of benzene rings is 1. The Bertz CT molecular complexity index is 750. The molecule has 1 aromatic carbocycles. The maximum Gasteiger partial charge on any atom is 0.319 e. The molecule has 0 amide bonds. The molecular weight excluding hydrogens is 333 g/mol. The molecule has 2 aromatic rings. The number of hydrogen-bond acceptors (Lipinski definition) is 6. The minimum atomic E-state index is -0.435. The number of halogens is 1. The van der Waals surface area contributed by atoms with Crippen molar-refractivity contribution >= 4 is 17.7 Å². The van der Waals surface area contributed by atoms with E-state index in [0.717, 1.165) is 0 Å². The molecule has 1 saturated heterocycles. The van der Waals surface area contributed by atoms with E-state index in [1.54, 1.807) is 28.8 Å². The molecule has 0 radical (unpaired) electrons. The predicted molar refractivity (Wildman–Crippen MR) is 86.2 cm³/mol. The molecule has 3 rings (SSSR count). The van der Waals surface area contributed by atoms with Crippen LogP contribution in [0.4, 0.5) is 4.39 Å². The minimum Gasteiger partial charge on any atom is -0.483 e. The average molecular weight is 349 g/mol. The zero-order valence-electron chi connectivity index (χ0n) is 12.9. The Morgan fingerprint density at radius 1 is 1.46 bits per heavy atom. The van der Waals surface area contributed by atoms with Gasteiger partial charge in [0.25, 0.3) is 0 Å². The SMILES string of the molecule is C=CCn1c(COc2ccccc2F)nnc1SC1CCOC1=O. The maximum atomic E-state index is 13.6. The minimum absolute atomic E-state index is 0.0669. The van der Waals surface area contributed by atoms with E-state index in [9.17, 15) is 9.18 Å². The highest BCUT2D eigenvalue weighted by Gasteiger charge is 2.29. The lowest BCUT2D eigenvalue weighted by Crippen LogP contribution is -2.12. The number of allylic oxidation sites excluding steroid dienone is 1. The van der Waals surface area contributed by atoms with Gasteiger partial charge < -0.3 is 9.47 Å². The van der Waals surface area contributed by atoms with E-state index in [0.29, 0.717) is 30.6 Å². The van der Waals surface area contributed by atoms with Gasteiger partial charge in [-0.3, -0.25) is 9.36 Å². The molecule has 0 bridgehead atoms. The summed E-state index contributed by atoms with van der Waals surface area (Å²) in [4.78, 5) is 11.6. The number of nitrogens with zero attached hydrogens (tertiary/aromatic N) is 3. The van der Waals surface area contributed by atoms with Crippen LogP contribution < -0.4 is 4.74 Å². The molecule has 1 unspecified atom stereocenters. The maximum absolute atomic E-state index is 13.6. The number of rotatable bonds is 7. The van der Waals surface area contributed by atoms with E-state index in [4.69, 9.17) is 9.47 Å². The third-order valence-electron chi connectivity index (χ3n) is 3.43. The lowest BCUT2D eigenvalue weighted by Gasteiger charge is -2.10. The Labute approximate surface area is 142 Å². The van der Waals surface area contributed by atoms with Crippen LogP contribution in [0.5, 0.6) is 5.75 Å². The summed E-state index contributed by atoms with van der Waals surface area (Å²) in [5.41, 5.74) is 0. The molecule has 24 heavy (non-hydrogen) atoms. The summed E-state index contributed by atoms with van der Waals surface area (Å²) >= 11 is 1.31. The molecule has 1 atom stereocenters. The highest BCUT2D eigenvalue weighted by Crippen LogP contribution is 2.29. The summed E-state index contributed by atoms with van der Waals surface area (Å²) in [6, 6.07) is 6.17. The standard InChI is InChI=1S/C16H16FN3O3S/c1-2-8-20-14(10-23-12-6-4-3-5-11(12)17)18-19-16(20)24-13-7-9-22-15(13)21/h2-6,13H,1,7-10H2. The van der Waals surface area contributed by atoms with Crippen LogP contribution in [-0.2, 0) is 22.7 Å². The molecule has 0 N–H and O–H groups in total. The summed E-state index contributed by atoms with van der Waals surface area (Å²) < 4.78 is 25.9. The number of esters is 1. The van der Waals surface area contributed by atoms with Crippen LogP contribution in [0.1, 0.15) is 12.2 Å². The number of cyclic esters (lactones) is 1. The molecule has 0 saturated carbocycles. The zero-order chi connectivity index (χ0) is 16.9. The molecule has 0 spiro atoms. The fourth-order valence-corrected chi connectivity index (χ4v) is 3.27. The first-order valence-electron chi connectivity index (χ1n) is 7.42. The van der Waals surface area contributed by atoms with Crippen LogP contribution in [0.25, 0.3) is 0 Å². The summed E-state index contributed by atoms with van der Waals surface area (Å²) in [5, 5.41) is 8.51. The van der Waals surface area contributed by atoms with Crippen LogP contribution in [-0.4, -0.2) is 32.6 Å². The number of aromatic nitrogens is 3. The summed E-state index contributed by atoms with van der Waals surface area (Å²) in [7, 11) is 0. The van der Waals surface area contributed by atoms with E-state index < -0.39 is 5.82 Å². The molecule has 1 fully saturated rings. The second-order valence-corrected chi connectivity index (χ2v) is 6.25. The number of ether oxygens (including phenoxy) is 2. The Morgan fingerprint density at radius 3 is 3.00 bits per heavy atom. The number of carbonyl (C=O) groups excluding carboxylic acids is 1.